The van der Waals surface area contributed by atoms with Crippen molar-refractivity contribution < 1.29 is 4.79 Å². The molecule has 1 N–H and O–H groups in total. The van der Waals surface area contributed by atoms with Crippen molar-refractivity contribution in [1.82, 2.24) is 5.32 Å². The van der Waals surface area contributed by atoms with E-state index in [1.807, 2.05) is 6.92 Å². The van der Waals surface area contributed by atoms with Gasteiger partial charge in [-0.3, -0.25) is 4.79 Å². The Morgan fingerprint density at radius 2 is 2.00 bits per heavy atom. The van der Waals surface area contributed by atoms with Gasteiger partial charge in [-0.1, -0.05) is 12.2 Å². The monoisotopic (exact) mass is 125 g/mol. The molecule has 0 aromatic rings. The molecule has 0 spiro atoms. The molecule has 2 nitrogen and oxygen atoms in total. The maximum atomic E-state index is 10.6. The number of nitrogens with one attached hydrogen (secondary N) is 1. The van der Waals surface area contributed by atoms with Gasteiger partial charge in [-0.15, -0.1) is 0 Å². The lowest BCUT2D eigenvalue weighted by atomic mass is 10.5. The largest absolute Gasteiger partial charge is 0.329 e. The molecule has 0 bridgehead atoms. The molecule has 2 heteroatoms. The minimum atomic E-state index is -0.0874. The van der Waals surface area contributed by atoms with Gasteiger partial charge in [0.15, 0.2) is 0 Å². The van der Waals surface area contributed by atoms with Crippen molar-refractivity contribution in [2.75, 3.05) is 0 Å². The third-order valence-corrected chi connectivity index (χ3v) is 0.710. The van der Waals surface area contributed by atoms with Crippen LogP contribution in [-0.4, -0.2) is 5.91 Å². The van der Waals surface area contributed by atoms with Gasteiger partial charge in [-0.2, -0.15) is 0 Å². The van der Waals surface area contributed by atoms with E-state index in [9.17, 15) is 4.79 Å². The molecule has 0 atom stereocenters. The van der Waals surface area contributed by atoms with Crippen molar-refractivity contribution in [3.05, 3.63) is 24.4 Å². The van der Waals surface area contributed by atoms with Crippen LogP contribution in [0, 0.1) is 0 Å². The van der Waals surface area contributed by atoms with Gasteiger partial charge >= 0.3 is 0 Å². The normalized spacial score (nSPS) is 10.9. The molecule has 0 aromatic carbocycles. The van der Waals surface area contributed by atoms with E-state index in [0.717, 1.165) is 0 Å². The first-order valence-electron chi connectivity index (χ1n) is 2.85. The molecule has 0 saturated carbocycles. The summed E-state index contributed by atoms with van der Waals surface area (Å²) in [5, 5.41) is 2.53. The lowest BCUT2D eigenvalue weighted by Crippen LogP contribution is -2.12. The standard InChI is InChI=1S/C7H11NO/c1-3-5-7(9)8-6-4-2/h3-6H,1-2H3,(H,8,9)/b5-3-,6-4-. The van der Waals surface area contributed by atoms with Crippen LogP contribution in [0.15, 0.2) is 24.4 Å². The molecular weight excluding hydrogens is 114 g/mol. The summed E-state index contributed by atoms with van der Waals surface area (Å²) in [5.74, 6) is -0.0874. The highest BCUT2D eigenvalue weighted by Crippen LogP contribution is 1.71. The fourth-order valence-corrected chi connectivity index (χ4v) is 0.365. The van der Waals surface area contributed by atoms with Crippen LogP contribution >= 0.6 is 0 Å². The summed E-state index contributed by atoms with van der Waals surface area (Å²) in [7, 11) is 0. The maximum absolute atomic E-state index is 10.6. The second-order valence-electron chi connectivity index (χ2n) is 1.51. The molecule has 0 aliphatic heterocycles. The fourth-order valence-electron chi connectivity index (χ4n) is 0.365. The molecule has 0 heterocycles. The van der Waals surface area contributed by atoms with Gasteiger partial charge < -0.3 is 5.32 Å². The molecule has 1 amide bonds. The Bertz CT molecular complexity index is 136. The number of hydrogen-bond acceptors (Lipinski definition) is 1. The average Bonchev–Trinajstić information content (AvgIpc) is 1.85. The molecule has 0 aromatic heterocycles. The predicted octanol–water partition coefficient (Wildman–Crippen LogP) is 1.21. The molecule has 0 fully saturated rings. The van der Waals surface area contributed by atoms with Crippen LogP contribution in [0.5, 0.6) is 0 Å². The molecule has 0 rings (SSSR count). The topological polar surface area (TPSA) is 29.1 Å². The fraction of sp³-hybridized carbons (Fsp3) is 0.286. The number of amides is 1. The van der Waals surface area contributed by atoms with Gasteiger partial charge in [0.1, 0.15) is 0 Å². The summed E-state index contributed by atoms with van der Waals surface area (Å²) in [5.41, 5.74) is 0. The first-order valence-corrected chi connectivity index (χ1v) is 2.85. The summed E-state index contributed by atoms with van der Waals surface area (Å²) in [6.07, 6.45) is 6.53. The Kier molecular flexibility index (Phi) is 4.50. The number of carbonyl (C=O) groups excluding carboxylic acids is 1. The van der Waals surface area contributed by atoms with Gasteiger partial charge in [0.25, 0.3) is 0 Å². The van der Waals surface area contributed by atoms with E-state index in [0.29, 0.717) is 0 Å². The molecule has 0 aliphatic carbocycles. The number of allylic oxidation sites excluding steroid dienone is 2. The smallest absolute Gasteiger partial charge is 0.247 e. The Hall–Kier alpha value is -1.05. The Labute approximate surface area is 55.3 Å². The van der Waals surface area contributed by atoms with Gasteiger partial charge in [0.2, 0.25) is 5.91 Å². The van der Waals surface area contributed by atoms with Crippen molar-refractivity contribution in [1.29, 1.82) is 0 Å². The highest BCUT2D eigenvalue weighted by atomic mass is 16.1. The Balaban J connectivity index is 3.51. The van der Waals surface area contributed by atoms with Gasteiger partial charge in [-0.05, 0) is 26.1 Å². The molecule has 0 saturated heterocycles. The number of carbonyl (C=O) groups is 1. The highest BCUT2D eigenvalue weighted by molar-refractivity contribution is 5.88. The quantitative estimate of drug-likeness (QED) is 0.552. The van der Waals surface area contributed by atoms with E-state index in [1.54, 1.807) is 25.3 Å². The van der Waals surface area contributed by atoms with Crippen molar-refractivity contribution in [3.8, 4) is 0 Å². The first kappa shape index (κ1) is 7.95. The Morgan fingerprint density at radius 1 is 1.33 bits per heavy atom. The first-order chi connectivity index (χ1) is 4.31. The van der Waals surface area contributed by atoms with E-state index < -0.39 is 0 Å². The number of hydrogen-bond donors (Lipinski definition) is 1. The minimum Gasteiger partial charge on any atom is -0.329 e. The summed E-state index contributed by atoms with van der Waals surface area (Å²) in [6.45, 7) is 3.64. The molecule has 0 unspecified atom stereocenters. The van der Waals surface area contributed by atoms with E-state index in [-0.39, 0.29) is 5.91 Å². The van der Waals surface area contributed by atoms with Gasteiger partial charge in [0, 0.05) is 0 Å². The average molecular weight is 125 g/mol. The highest BCUT2D eigenvalue weighted by Gasteiger charge is 1.84. The van der Waals surface area contributed by atoms with Crippen LogP contribution < -0.4 is 5.32 Å². The summed E-state index contributed by atoms with van der Waals surface area (Å²) >= 11 is 0. The van der Waals surface area contributed by atoms with Crippen molar-refractivity contribution in [2.45, 2.75) is 13.8 Å². The maximum Gasteiger partial charge on any atom is 0.247 e. The second-order valence-corrected chi connectivity index (χ2v) is 1.51. The van der Waals surface area contributed by atoms with Crippen LogP contribution in [-0.2, 0) is 4.79 Å². The summed E-state index contributed by atoms with van der Waals surface area (Å²) in [6, 6.07) is 0. The molecule has 0 radical (unpaired) electrons. The minimum absolute atomic E-state index is 0.0874. The number of rotatable bonds is 2. The lowest BCUT2D eigenvalue weighted by molar-refractivity contribution is -0.115. The molecular formula is C7H11NO. The van der Waals surface area contributed by atoms with Crippen LogP contribution in [0.25, 0.3) is 0 Å². The Morgan fingerprint density at radius 3 is 2.44 bits per heavy atom. The van der Waals surface area contributed by atoms with Crippen LogP contribution in [0.3, 0.4) is 0 Å². The van der Waals surface area contributed by atoms with Crippen LogP contribution in [0.4, 0.5) is 0 Å². The summed E-state index contributed by atoms with van der Waals surface area (Å²) in [4.78, 5) is 10.6. The zero-order valence-electron chi connectivity index (χ0n) is 5.72. The van der Waals surface area contributed by atoms with E-state index in [4.69, 9.17) is 0 Å². The molecule has 9 heavy (non-hydrogen) atoms. The van der Waals surface area contributed by atoms with Crippen molar-refractivity contribution >= 4 is 5.91 Å². The third-order valence-electron chi connectivity index (χ3n) is 0.710. The van der Waals surface area contributed by atoms with Crippen LogP contribution in [0.1, 0.15) is 13.8 Å². The van der Waals surface area contributed by atoms with Crippen LogP contribution in [0.2, 0.25) is 0 Å². The SMILES string of the molecule is C/C=C\NC(=O)/C=C\C. The zero-order chi connectivity index (χ0) is 7.11. The predicted molar refractivity (Wildman–Crippen MR) is 37.8 cm³/mol. The third kappa shape index (κ3) is 4.81. The molecule has 0 aliphatic rings. The van der Waals surface area contributed by atoms with Gasteiger partial charge in [-0.25, -0.2) is 0 Å². The van der Waals surface area contributed by atoms with E-state index >= 15 is 0 Å². The second kappa shape index (κ2) is 5.09. The van der Waals surface area contributed by atoms with E-state index in [1.165, 1.54) is 6.08 Å². The van der Waals surface area contributed by atoms with Crippen molar-refractivity contribution in [2.24, 2.45) is 0 Å². The zero-order valence-corrected chi connectivity index (χ0v) is 5.72. The van der Waals surface area contributed by atoms with E-state index in [2.05, 4.69) is 5.32 Å². The van der Waals surface area contributed by atoms with Gasteiger partial charge in [0.05, 0.1) is 0 Å². The van der Waals surface area contributed by atoms with Crippen molar-refractivity contribution in [3.63, 3.8) is 0 Å². The lowest BCUT2D eigenvalue weighted by Gasteiger charge is -1.88. The summed E-state index contributed by atoms with van der Waals surface area (Å²) < 4.78 is 0. The molecule has 50 valence electrons.